The minimum absolute atomic E-state index is 0.248. The monoisotopic (exact) mass is 148 g/mol. The summed E-state index contributed by atoms with van der Waals surface area (Å²) in [5.41, 5.74) is 6.54. The van der Waals surface area contributed by atoms with Crippen LogP contribution in [0.25, 0.3) is 6.08 Å². The average molecular weight is 148 g/mol. The van der Waals surface area contributed by atoms with Gasteiger partial charge in [0.15, 0.2) is 6.29 Å². The summed E-state index contributed by atoms with van der Waals surface area (Å²) in [7, 11) is 0. The van der Waals surface area contributed by atoms with Crippen molar-refractivity contribution in [2.24, 2.45) is 0 Å². The van der Waals surface area contributed by atoms with E-state index in [0.29, 0.717) is 17.4 Å². The first-order chi connectivity index (χ1) is 5.29. The molecule has 3 nitrogen and oxygen atoms in total. The Morgan fingerprint density at radius 3 is 2.82 bits per heavy atom. The molecule has 0 radical (unpaired) electrons. The second-order valence-electron chi connectivity index (χ2n) is 2.02. The molecular formula is C8H8N2O. The number of carbonyl (C=O) groups is 1. The number of aromatic nitrogens is 1. The van der Waals surface area contributed by atoms with Gasteiger partial charge < -0.3 is 5.73 Å². The summed E-state index contributed by atoms with van der Waals surface area (Å²) in [5, 5.41) is 0. The third-order valence-corrected chi connectivity index (χ3v) is 1.39. The molecule has 1 heterocycles. The van der Waals surface area contributed by atoms with Gasteiger partial charge in [-0.05, 0) is 11.6 Å². The van der Waals surface area contributed by atoms with Crippen LogP contribution in [0.1, 0.15) is 15.9 Å². The molecule has 1 aromatic rings. The highest BCUT2D eigenvalue weighted by molar-refractivity contribution is 5.87. The summed E-state index contributed by atoms with van der Waals surface area (Å²) in [6, 6.07) is 1.69. The van der Waals surface area contributed by atoms with Crippen LogP contribution in [0, 0.1) is 0 Å². The van der Waals surface area contributed by atoms with Crippen molar-refractivity contribution in [1.82, 2.24) is 4.98 Å². The fourth-order valence-electron chi connectivity index (χ4n) is 0.811. The normalized spacial score (nSPS) is 9.09. The standard InChI is InChI=1S/C8H8N2O/c1-2-6-3-4-10-8(9)7(6)5-11/h2-5H,1H2,(H2,9,10). The topological polar surface area (TPSA) is 56.0 Å². The number of aldehydes is 1. The summed E-state index contributed by atoms with van der Waals surface area (Å²) in [6.07, 6.45) is 3.79. The maximum Gasteiger partial charge on any atom is 0.154 e. The highest BCUT2D eigenvalue weighted by Gasteiger charge is 2.01. The number of rotatable bonds is 2. The second kappa shape index (κ2) is 2.96. The van der Waals surface area contributed by atoms with Gasteiger partial charge in [-0.3, -0.25) is 4.79 Å². The molecule has 3 heteroatoms. The molecule has 1 rings (SSSR count). The molecule has 56 valence electrons. The lowest BCUT2D eigenvalue weighted by atomic mass is 10.1. The Labute approximate surface area is 64.6 Å². The predicted molar refractivity (Wildman–Crippen MR) is 44.1 cm³/mol. The van der Waals surface area contributed by atoms with E-state index in [0.717, 1.165) is 0 Å². The number of nitrogens with two attached hydrogens (primary N) is 1. The number of anilines is 1. The minimum Gasteiger partial charge on any atom is -0.383 e. The Morgan fingerprint density at radius 1 is 1.64 bits per heavy atom. The number of pyridine rings is 1. The maximum atomic E-state index is 10.4. The lowest BCUT2D eigenvalue weighted by Crippen LogP contribution is -1.98. The van der Waals surface area contributed by atoms with Crippen LogP contribution in [0.3, 0.4) is 0 Å². The third kappa shape index (κ3) is 1.26. The van der Waals surface area contributed by atoms with Crippen molar-refractivity contribution in [2.75, 3.05) is 5.73 Å². The van der Waals surface area contributed by atoms with Crippen molar-refractivity contribution in [3.05, 3.63) is 30.0 Å². The van der Waals surface area contributed by atoms with Crippen LogP contribution < -0.4 is 5.73 Å². The van der Waals surface area contributed by atoms with Gasteiger partial charge in [-0.15, -0.1) is 0 Å². The molecular weight excluding hydrogens is 140 g/mol. The number of nitrogen functional groups attached to an aromatic ring is 1. The first-order valence-corrected chi connectivity index (χ1v) is 3.11. The zero-order valence-electron chi connectivity index (χ0n) is 5.95. The van der Waals surface area contributed by atoms with Gasteiger partial charge >= 0.3 is 0 Å². The van der Waals surface area contributed by atoms with Crippen LogP contribution >= 0.6 is 0 Å². The van der Waals surface area contributed by atoms with Gasteiger partial charge in [0.1, 0.15) is 5.82 Å². The zero-order chi connectivity index (χ0) is 8.27. The smallest absolute Gasteiger partial charge is 0.154 e. The quantitative estimate of drug-likeness (QED) is 0.639. The van der Waals surface area contributed by atoms with Crippen molar-refractivity contribution in [3.8, 4) is 0 Å². The molecule has 0 aromatic carbocycles. The first kappa shape index (κ1) is 7.47. The molecule has 0 spiro atoms. The van der Waals surface area contributed by atoms with Crippen molar-refractivity contribution in [1.29, 1.82) is 0 Å². The third-order valence-electron chi connectivity index (χ3n) is 1.39. The van der Waals surface area contributed by atoms with E-state index in [2.05, 4.69) is 11.6 Å². The van der Waals surface area contributed by atoms with Crippen LogP contribution in [0.5, 0.6) is 0 Å². The largest absolute Gasteiger partial charge is 0.383 e. The molecule has 0 aliphatic carbocycles. The fraction of sp³-hybridized carbons (Fsp3) is 0. The molecule has 0 aliphatic heterocycles. The highest BCUT2D eigenvalue weighted by atomic mass is 16.1. The number of hydrogen-bond donors (Lipinski definition) is 1. The van der Waals surface area contributed by atoms with Gasteiger partial charge in [-0.25, -0.2) is 4.98 Å². The summed E-state index contributed by atoms with van der Waals surface area (Å²) in [6.45, 7) is 3.54. The van der Waals surface area contributed by atoms with E-state index >= 15 is 0 Å². The first-order valence-electron chi connectivity index (χ1n) is 3.11. The number of carbonyl (C=O) groups excluding carboxylic acids is 1. The summed E-state index contributed by atoms with van der Waals surface area (Å²) in [4.78, 5) is 14.2. The van der Waals surface area contributed by atoms with Crippen molar-refractivity contribution in [3.63, 3.8) is 0 Å². The lowest BCUT2D eigenvalue weighted by Gasteiger charge is -1.99. The SMILES string of the molecule is C=Cc1ccnc(N)c1C=O. The van der Waals surface area contributed by atoms with Crippen LogP contribution in [0.4, 0.5) is 5.82 Å². The van der Waals surface area contributed by atoms with Gasteiger partial charge in [0.25, 0.3) is 0 Å². The summed E-state index contributed by atoms with van der Waals surface area (Å²) in [5.74, 6) is 0.248. The van der Waals surface area contributed by atoms with Gasteiger partial charge in [0.2, 0.25) is 0 Å². The van der Waals surface area contributed by atoms with E-state index in [-0.39, 0.29) is 5.82 Å². The molecule has 1 aromatic heterocycles. The lowest BCUT2D eigenvalue weighted by molar-refractivity contribution is 0.112. The zero-order valence-corrected chi connectivity index (χ0v) is 5.95. The molecule has 2 N–H and O–H groups in total. The van der Waals surface area contributed by atoms with Crippen LogP contribution in [0.15, 0.2) is 18.8 Å². The van der Waals surface area contributed by atoms with E-state index in [9.17, 15) is 4.79 Å². The Balaban J connectivity index is 3.35. The van der Waals surface area contributed by atoms with Crippen molar-refractivity contribution < 1.29 is 4.79 Å². The molecule has 0 saturated carbocycles. The van der Waals surface area contributed by atoms with Gasteiger partial charge in [0, 0.05) is 6.20 Å². The predicted octanol–water partition coefficient (Wildman–Crippen LogP) is 1.12. The Hall–Kier alpha value is -1.64. The van der Waals surface area contributed by atoms with E-state index in [1.54, 1.807) is 18.3 Å². The molecule has 0 atom stereocenters. The number of hydrogen-bond acceptors (Lipinski definition) is 3. The van der Waals surface area contributed by atoms with Crippen LogP contribution in [-0.4, -0.2) is 11.3 Å². The van der Waals surface area contributed by atoms with Crippen LogP contribution in [-0.2, 0) is 0 Å². The van der Waals surface area contributed by atoms with Gasteiger partial charge in [-0.2, -0.15) is 0 Å². The second-order valence-corrected chi connectivity index (χ2v) is 2.02. The molecule has 0 saturated heterocycles. The van der Waals surface area contributed by atoms with E-state index in [1.807, 2.05) is 0 Å². The Bertz CT molecular complexity index is 294. The van der Waals surface area contributed by atoms with Crippen molar-refractivity contribution >= 4 is 18.2 Å². The van der Waals surface area contributed by atoms with Crippen LogP contribution in [0.2, 0.25) is 0 Å². The minimum atomic E-state index is 0.248. The molecule has 0 fully saturated rings. The summed E-state index contributed by atoms with van der Waals surface area (Å²) >= 11 is 0. The Morgan fingerprint density at radius 2 is 2.36 bits per heavy atom. The fourth-order valence-corrected chi connectivity index (χ4v) is 0.811. The molecule has 0 unspecified atom stereocenters. The van der Waals surface area contributed by atoms with Crippen molar-refractivity contribution in [2.45, 2.75) is 0 Å². The van der Waals surface area contributed by atoms with Gasteiger partial charge in [0.05, 0.1) is 5.56 Å². The average Bonchev–Trinajstić information content (AvgIpc) is 2.04. The number of nitrogens with zero attached hydrogens (tertiary/aromatic N) is 1. The molecule has 0 bridgehead atoms. The maximum absolute atomic E-state index is 10.4. The Kier molecular flexibility index (Phi) is 2.01. The van der Waals surface area contributed by atoms with E-state index in [4.69, 9.17) is 5.73 Å². The molecule has 11 heavy (non-hydrogen) atoms. The summed E-state index contributed by atoms with van der Waals surface area (Å²) < 4.78 is 0. The van der Waals surface area contributed by atoms with E-state index < -0.39 is 0 Å². The van der Waals surface area contributed by atoms with E-state index in [1.165, 1.54) is 0 Å². The molecule has 0 amide bonds. The highest BCUT2D eigenvalue weighted by Crippen LogP contribution is 2.12. The molecule has 0 aliphatic rings. The van der Waals surface area contributed by atoms with Gasteiger partial charge in [-0.1, -0.05) is 12.7 Å².